The van der Waals surface area contributed by atoms with E-state index in [9.17, 15) is 9.59 Å². The summed E-state index contributed by atoms with van der Waals surface area (Å²) in [5, 5.41) is 5.50. The van der Waals surface area contributed by atoms with Crippen LogP contribution in [-0.4, -0.2) is 17.9 Å². The third-order valence-corrected chi connectivity index (χ3v) is 2.63. The number of hydrogen-bond acceptors (Lipinski definition) is 2. The zero-order chi connectivity index (χ0) is 11.5. The first-order valence-corrected chi connectivity index (χ1v) is 5.43. The summed E-state index contributed by atoms with van der Waals surface area (Å²) in [6.07, 6.45) is 1.51. The van der Waals surface area contributed by atoms with Crippen LogP contribution in [0.2, 0.25) is 0 Å². The molecular formula is C12H14N2O2. The van der Waals surface area contributed by atoms with Crippen LogP contribution in [0.1, 0.15) is 30.1 Å². The fraction of sp³-hybridized carbons (Fsp3) is 0.333. The quantitative estimate of drug-likeness (QED) is 0.791. The van der Waals surface area contributed by atoms with Crippen molar-refractivity contribution < 1.29 is 9.59 Å². The summed E-state index contributed by atoms with van der Waals surface area (Å²) in [5.41, 5.74) is 1.11. The maximum absolute atomic E-state index is 11.8. The van der Waals surface area contributed by atoms with E-state index >= 15 is 0 Å². The van der Waals surface area contributed by atoms with Gasteiger partial charge in [-0.2, -0.15) is 0 Å². The van der Waals surface area contributed by atoms with Gasteiger partial charge in [0.1, 0.15) is 6.04 Å². The van der Waals surface area contributed by atoms with Crippen molar-refractivity contribution in [1.82, 2.24) is 5.32 Å². The molecule has 1 heterocycles. The van der Waals surface area contributed by atoms with E-state index in [0.29, 0.717) is 17.7 Å². The predicted octanol–water partition coefficient (Wildman–Crippen LogP) is 1.54. The number of hydrogen-bond donors (Lipinski definition) is 2. The Kier molecular flexibility index (Phi) is 2.90. The van der Waals surface area contributed by atoms with E-state index in [2.05, 4.69) is 10.6 Å². The molecule has 2 N–H and O–H groups in total. The van der Waals surface area contributed by atoms with Gasteiger partial charge in [-0.25, -0.2) is 0 Å². The molecule has 0 aliphatic carbocycles. The molecule has 1 aliphatic rings. The lowest BCUT2D eigenvalue weighted by atomic mass is 10.1. The second-order valence-corrected chi connectivity index (χ2v) is 3.85. The number of fused-ring (bicyclic) bond motifs is 1. The van der Waals surface area contributed by atoms with Gasteiger partial charge in [0, 0.05) is 0 Å². The summed E-state index contributed by atoms with van der Waals surface area (Å²) in [4.78, 5) is 23.6. The molecule has 2 rings (SSSR count). The predicted molar refractivity (Wildman–Crippen MR) is 61.2 cm³/mol. The van der Waals surface area contributed by atoms with Crippen LogP contribution < -0.4 is 10.6 Å². The van der Waals surface area contributed by atoms with E-state index < -0.39 is 6.04 Å². The molecule has 2 amide bonds. The smallest absolute Gasteiger partial charge is 0.254 e. The molecule has 1 aromatic carbocycles. The molecule has 84 valence electrons. The minimum atomic E-state index is -0.426. The first-order valence-electron chi connectivity index (χ1n) is 5.43. The van der Waals surface area contributed by atoms with Crippen LogP contribution in [0.5, 0.6) is 0 Å². The largest absolute Gasteiger partial charge is 0.340 e. The van der Waals surface area contributed by atoms with Crippen LogP contribution in [0.4, 0.5) is 5.69 Å². The van der Waals surface area contributed by atoms with Gasteiger partial charge in [-0.15, -0.1) is 0 Å². The van der Waals surface area contributed by atoms with Crippen molar-refractivity contribution in [3.63, 3.8) is 0 Å². The fourth-order valence-corrected chi connectivity index (χ4v) is 1.80. The Bertz CT molecular complexity index is 429. The summed E-state index contributed by atoms with van der Waals surface area (Å²) < 4.78 is 0. The van der Waals surface area contributed by atoms with Gasteiger partial charge >= 0.3 is 0 Å². The van der Waals surface area contributed by atoms with Crippen LogP contribution in [0.25, 0.3) is 0 Å². The molecular weight excluding hydrogens is 204 g/mol. The van der Waals surface area contributed by atoms with Crippen molar-refractivity contribution in [2.24, 2.45) is 0 Å². The standard InChI is InChI=1S/C12H14N2O2/c1-2-5-10-12(16)13-9-7-4-3-6-8(9)11(15)14-10/h3-4,6-7,10H,2,5H2,1H3,(H,13,16)(H,14,15)/t10-/m1/s1. The van der Waals surface area contributed by atoms with Gasteiger partial charge < -0.3 is 10.6 Å². The summed E-state index contributed by atoms with van der Waals surface area (Å²) >= 11 is 0. The summed E-state index contributed by atoms with van der Waals surface area (Å²) in [5.74, 6) is -0.326. The Morgan fingerprint density at radius 1 is 1.25 bits per heavy atom. The van der Waals surface area contributed by atoms with Gasteiger partial charge in [-0.05, 0) is 18.6 Å². The van der Waals surface area contributed by atoms with Gasteiger partial charge in [-0.1, -0.05) is 25.5 Å². The molecule has 1 aromatic rings. The average molecular weight is 218 g/mol. The third-order valence-electron chi connectivity index (χ3n) is 2.63. The van der Waals surface area contributed by atoms with Gasteiger partial charge in [0.2, 0.25) is 5.91 Å². The summed E-state index contributed by atoms with van der Waals surface area (Å²) in [6, 6.07) is 6.60. The highest BCUT2D eigenvalue weighted by Crippen LogP contribution is 2.18. The van der Waals surface area contributed by atoms with Crippen LogP contribution in [0.3, 0.4) is 0 Å². The molecule has 4 nitrogen and oxygen atoms in total. The van der Waals surface area contributed by atoms with Crippen molar-refractivity contribution in [2.75, 3.05) is 5.32 Å². The van der Waals surface area contributed by atoms with Crippen LogP contribution in [-0.2, 0) is 4.79 Å². The molecule has 0 saturated heterocycles. The average Bonchev–Trinajstić information content (AvgIpc) is 2.39. The topological polar surface area (TPSA) is 58.2 Å². The first-order chi connectivity index (χ1) is 7.72. The van der Waals surface area contributed by atoms with E-state index in [4.69, 9.17) is 0 Å². The number of para-hydroxylation sites is 1. The third kappa shape index (κ3) is 1.91. The highest BCUT2D eigenvalue weighted by atomic mass is 16.2. The fourth-order valence-electron chi connectivity index (χ4n) is 1.80. The Morgan fingerprint density at radius 2 is 2.00 bits per heavy atom. The Morgan fingerprint density at radius 3 is 2.75 bits per heavy atom. The van der Waals surface area contributed by atoms with E-state index in [1.54, 1.807) is 24.3 Å². The van der Waals surface area contributed by atoms with Crippen LogP contribution >= 0.6 is 0 Å². The second-order valence-electron chi connectivity index (χ2n) is 3.85. The highest BCUT2D eigenvalue weighted by molar-refractivity contribution is 6.09. The maximum Gasteiger partial charge on any atom is 0.254 e. The Balaban J connectivity index is 2.32. The molecule has 1 atom stereocenters. The molecule has 0 saturated carbocycles. The number of carbonyl (C=O) groups excluding carboxylic acids is 2. The number of benzene rings is 1. The zero-order valence-electron chi connectivity index (χ0n) is 9.12. The summed E-state index contributed by atoms with van der Waals surface area (Å²) in [6.45, 7) is 1.98. The number of amides is 2. The highest BCUT2D eigenvalue weighted by Gasteiger charge is 2.26. The minimum absolute atomic E-state index is 0.139. The van der Waals surface area contributed by atoms with Crippen molar-refractivity contribution in [3.8, 4) is 0 Å². The first kappa shape index (κ1) is 10.7. The van der Waals surface area contributed by atoms with E-state index in [1.165, 1.54) is 0 Å². The van der Waals surface area contributed by atoms with Crippen molar-refractivity contribution in [3.05, 3.63) is 29.8 Å². The lowest BCUT2D eigenvalue weighted by Crippen LogP contribution is -2.40. The molecule has 0 aromatic heterocycles. The number of anilines is 1. The molecule has 0 unspecified atom stereocenters. The maximum atomic E-state index is 11.8. The van der Waals surface area contributed by atoms with Crippen LogP contribution in [0, 0.1) is 0 Å². The van der Waals surface area contributed by atoms with E-state index in [-0.39, 0.29) is 11.8 Å². The van der Waals surface area contributed by atoms with Crippen molar-refractivity contribution in [2.45, 2.75) is 25.8 Å². The number of carbonyl (C=O) groups is 2. The minimum Gasteiger partial charge on any atom is -0.340 e. The monoisotopic (exact) mass is 218 g/mol. The molecule has 1 aliphatic heterocycles. The Hall–Kier alpha value is -1.84. The summed E-state index contributed by atoms with van der Waals surface area (Å²) in [7, 11) is 0. The van der Waals surface area contributed by atoms with E-state index in [0.717, 1.165) is 6.42 Å². The Labute approximate surface area is 94.0 Å². The molecule has 0 spiro atoms. The SMILES string of the molecule is CCC[C@H]1NC(=O)c2ccccc2NC1=O. The van der Waals surface area contributed by atoms with Gasteiger partial charge in [0.05, 0.1) is 11.3 Å². The normalized spacial score (nSPS) is 19.4. The van der Waals surface area contributed by atoms with Crippen molar-refractivity contribution in [1.29, 1.82) is 0 Å². The van der Waals surface area contributed by atoms with Crippen LogP contribution in [0.15, 0.2) is 24.3 Å². The van der Waals surface area contributed by atoms with Gasteiger partial charge in [-0.3, -0.25) is 9.59 Å². The second kappa shape index (κ2) is 4.35. The molecule has 16 heavy (non-hydrogen) atoms. The lowest BCUT2D eigenvalue weighted by Gasteiger charge is -2.12. The van der Waals surface area contributed by atoms with Crippen molar-refractivity contribution >= 4 is 17.5 Å². The number of rotatable bonds is 2. The lowest BCUT2D eigenvalue weighted by molar-refractivity contribution is -0.118. The molecule has 0 bridgehead atoms. The molecule has 0 fully saturated rings. The number of nitrogens with one attached hydrogen (secondary N) is 2. The zero-order valence-corrected chi connectivity index (χ0v) is 9.12. The molecule has 0 radical (unpaired) electrons. The van der Waals surface area contributed by atoms with Gasteiger partial charge in [0.25, 0.3) is 5.91 Å². The molecule has 4 heteroatoms. The van der Waals surface area contributed by atoms with E-state index in [1.807, 2.05) is 6.92 Å². The van der Waals surface area contributed by atoms with Gasteiger partial charge in [0.15, 0.2) is 0 Å².